The van der Waals surface area contributed by atoms with Gasteiger partial charge >= 0.3 is 0 Å². The van der Waals surface area contributed by atoms with Crippen LogP contribution in [0.1, 0.15) is 73.8 Å². The van der Waals surface area contributed by atoms with E-state index >= 15 is 0 Å². The molecule has 0 bridgehead atoms. The van der Waals surface area contributed by atoms with E-state index < -0.39 is 0 Å². The number of benzene rings is 2. The topological polar surface area (TPSA) is 0 Å². The van der Waals surface area contributed by atoms with E-state index in [0.717, 1.165) is 11.8 Å². The van der Waals surface area contributed by atoms with Gasteiger partial charge in [-0.1, -0.05) is 57.5 Å². The van der Waals surface area contributed by atoms with Crippen LogP contribution in [-0.4, -0.2) is 0 Å². The lowest BCUT2D eigenvalue weighted by atomic mass is 9.78. The van der Waals surface area contributed by atoms with Gasteiger partial charge in [-0.05, 0) is 91.3 Å². The standard InChI is InChI=1S/C23H30.CH4/c1-15-6-8-20(9-7-15)21-10-11-23(18(4)14-21)22-12-16(2)19(5)17(3)13-22;/h10-15,20H,6-9H2,1-5H3;1H4. The van der Waals surface area contributed by atoms with E-state index in [1.807, 2.05) is 0 Å². The molecule has 0 spiro atoms. The van der Waals surface area contributed by atoms with Crippen molar-refractivity contribution < 1.29 is 0 Å². The van der Waals surface area contributed by atoms with Crippen LogP contribution < -0.4 is 0 Å². The summed E-state index contributed by atoms with van der Waals surface area (Å²) >= 11 is 0. The van der Waals surface area contributed by atoms with E-state index in [-0.39, 0.29) is 7.43 Å². The van der Waals surface area contributed by atoms with Gasteiger partial charge in [-0.15, -0.1) is 0 Å². The van der Waals surface area contributed by atoms with Crippen molar-refractivity contribution in [2.75, 3.05) is 0 Å². The van der Waals surface area contributed by atoms with Gasteiger partial charge in [0, 0.05) is 0 Å². The molecule has 0 heteroatoms. The summed E-state index contributed by atoms with van der Waals surface area (Å²) in [7, 11) is 0. The fraction of sp³-hybridized carbons (Fsp3) is 0.500. The molecule has 0 aromatic heterocycles. The largest absolute Gasteiger partial charge is 0.0776 e. The minimum absolute atomic E-state index is 0. The number of rotatable bonds is 2. The summed E-state index contributed by atoms with van der Waals surface area (Å²) in [5.74, 6) is 1.70. The second-order valence-corrected chi connectivity index (χ2v) is 7.77. The summed E-state index contributed by atoms with van der Waals surface area (Å²) in [6.07, 6.45) is 5.51. The summed E-state index contributed by atoms with van der Waals surface area (Å²) in [6, 6.07) is 11.9. The Bertz CT molecular complexity index is 677. The molecular weight excluding hydrogens is 288 g/mol. The molecule has 1 aliphatic rings. The lowest BCUT2D eigenvalue weighted by Gasteiger charge is -2.27. The average Bonchev–Trinajstić information content (AvgIpc) is 2.53. The zero-order valence-electron chi connectivity index (χ0n) is 15.4. The van der Waals surface area contributed by atoms with Crippen molar-refractivity contribution in [3.8, 4) is 11.1 Å². The van der Waals surface area contributed by atoms with Crippen LogP contribution in [0.15, 0.2) is 30.3 Å². The van der Waals surface area contributed by atoms with E-state index in [0.29, 0.717) is 0 Å². The number of hydrogen-bond acceptors (Lipinski definition) is 0. The fourth-order valence-electron chi connectivity index (χ4n) is 4.05. The van der Waals surface area contributed by atoms with E-state index in [9.17, 15) is 0 Å². The first-order valence-electron chi connectivity index (χ1n) is 9.14. The Morgan fingerprint density at radius 3 is 1.88 bits per heavy atom. The molecule has 0 atom stereocenters. The van der Waals surface area contributed by atoms with Gasteiger partial charge in [0.05, 0.1) is 0 Å². The van der Waals surface area contributed by atoms with Gasteiger partial charge in [-0.2, -0.15) is 0 Å². The first-order valence-corrected chi connectivity index (χ1v) is 9.14. The molecule has 0 heterocycles. The highest BCUT2D eigenvalue weighted by Gasteiger charge is 2.20. The second kappa shape index (κ2) is 7.55. The SMILES string of the molecule is C.Cc1cc(C2CCC(C)CC2)ccc1-c1cc(C)c(C)c(C)c1. The quantitative estimate of drug-likeness (QED) is 0.536. The summed E-state index contributed by atoms with van der Waals surface area (Å²) in [5, 5.41) is 0. The molecule has 0 aliphatic heterocycles. The average molecular weight is 323 g/mol. The van der Waals surface area contributed by atoms with Crippen molar-refractivity contribution in [2.24, 2.45) is 5.92 Å². The molecule has 0 saturated heterocycles. The van der Waals surface area contributed by atoms with Crippen LogP contribution in [-0.2, 0) is 0 Å². The lowest BCUT2D eigenvalue weighted by Crippen LogP contribution is -2.11. The van der Waals surface area contributed by atoms with Crippen molar-refractivity contribution in [1.29, 1.82) is 0 Å². The van der Waals surface area contributed by atoms with E-state index in [4.69, 9.17) is 0 Å². The molecule has 1 saturated carbocycles. The summed E-state index contributed by atoms with van der Waals surface area (Å²) in [6.45, 7) is 11.3. The highest BCUT2D eigenvalue weighted by atomic mass is 14.2. The number of aryl methyl sites for hydroxylation is 3. The Morgan fingerprint density at radius 1 is 0.750 bits per heavy atom. The molecule has 2 aromatic carbocycles. The van der Waals surface area contributed by atoms with E-state index in [1.165, 1.54) is 59.1 Å². The summed E-state index contributed by atoms with van der Waals surface area (Å²) in [4.78, 5) is 0. The lowest BCUT2D eigenvalue weighted by molar-refractivity contribution is 0.348. The smallest absolute Gasteiger partial charge is 0.0154 e. The highest BCUT2D eigenvalue weighted by molar-refractivity contribution is 5.70. The Kier molecular flexibility index (Phi) is 5.91. The Labute approximate surface area is 149 Å². The third kappa shape index (κ3) is 3.74. The van der Waals surface area contributed by atoms with Crippen LogP contribution in [0.25, 0.3) is 11.1 Å². The Balaban J connectivity index is 0.00000208. The van der Waals surface area contributed by atoms with E-state index in [1.54, 1.807) is 5.56 Å². The van der Waals surface area contributed by atoms with Crippen LogP contribution in [0.3, 0.4) is 0 Å². The first-order chi connectivity index (χ1) is 11.0. The van der Waals surface area contributed by atoms with Crippen molar-refractivity contribution in [3.05, 3.63) is 58.1 Å². The molecule has 0 amide bonds. The van der Waals surface area contributed by atoms with Crippen molar-refractivity contribution in [1.82, 2.24) is 0 Å². The normalized spacial score (nSPS) is 20.5. The molecule has 1 aliphatic carbocycles. The minimum atomic E-state index is 0. The zero-order chi connectivity index (χ0) is 16.6. The van der Waals surface area contributed by atoms with E-state index in [2.05, 4.69) is 65.0 Å². The number of hydrogen-bond donors (Lipinski definition) is 0. The maximum absolute atomic E-state index is 2.44. The maximum atomic E-state index is 2.44. The van der Waals surface area contributed by atoms with Crippen LogP contribution in [0.4, 0.5) is 0 Å². The van der Waals surface area contributed by atoms with Gasteiger partial charge in [0.1, 0.15) is 0 Å². The molecule has 24 heavy (non-hydrogen) atoms. The van der Waals surface area contributed by atoms with Crippen LogP contribution >= 0.6 is 0 Å². The van der Waals surface area contributed by atoms with Crippen LogP contribution in [0.2, 0.25) is 0 Å². The third-order valence-electron chi connectivity index (χ3n) is 5.98. The molecule has 130 valence electrons. The van der Waals surface area contributed by atoms with Gasteiger partial charge in [0.15, 0.2) is 0 Å². The first kappa shape index (κ1) is 18.8. The molecule has 0 unspecified atom stereocenters. The molecule has 0 N–H and O–H groups in total. The van der Waals surface area contributed by atoms with Gasteiger partial charge in [-0.3, -0.25) is 0 Å². The maximum Gasteiger partial charge on any atom is -0.0154 e. The molecule has 1 fully saturated rings. The third-order valence-corrected chi connectivity index (χ3v) is 5.98. The molecule has 0 radical (unpaired) electrons. The molecule has 0 nitrogen and oxygen atoms in total. The van der Waals surface area contributed by atoms with Crippen molar-refractivity contribution >= 4 is 0 Å². The van der Waals surface area contributed by atoms with Gasteiger partial charge in [0.25, 0.3) is 0 Å². The van der Waals surface area contributed by atoms with Gasteiger partial charge in [0.2, 0.25) is 0 Å². The summed E-state index contributed by atoms with van der Waals surface area (Å²) < 4.78 is 0. The molecular formula is C24H34. The summed E-state index contributed by atoms with van der Waals surface area (Å²) in [5.41, 5.74) is 9.94. The van der Waals surface area contributed by atoms with Gasteiger partial charge < -0.3 is 0 Å². The zero-order valence-corrected chi connectivity index (χ0v) is 15.4. The van der Waals surface area contributed by atoms with Crippen molar-refractivity contribution in [2.45, 2.75) is 73.6 Å². The predicted octanol–water partition coefficient (Wildman–Crippen LogP) is 7.52. The fourth-order valence-corrected chi connectivity index (χ4v) is 4.05. The monoisotopic (exact) mass is 322 g/mol. The highest BCUT2D eigenvalue weighted by Crippen LogP contribution is 2.37. The second-order valence-electron chi connectivity index (χ2n) is 7.77. The minimum Gasteiger partial charge on any atom is -0.0776 e. The Morgan fingerprint density at radius 2 is 1.33 bits per heavy atom. The predicted molar refractivity (Wildman–Crippen MR) is 108 cm³/mol. The Hall–Kier alpha value is -1.56. The molecule has 2 aromatic rings. The van der Waals surface area contributed by atoms with Crippen LogP contribution in [0.5, 0.6) is 0 Å². The molecule has 3 rings (SSSR count). The van der Waals surface area contributed by atoms with Crippen molar-refractivity contribution in [3.63, 3.8) is 0 Å². The van der Waals surface area contributed by atoms with Crippen LogP contribution in [0, 0.1) is 33.6 Å². The van der Waals surface area contributed by atoms with Gasteiger partial charge in [-0.25, -0.2) is 0 Å².